The van der Waals surface area contributed by atoms with Crippen LogP contribution in [0.2, 0.25) is 0 Å². The molecule has 2 heterocycles. The summed E-state index contributed by atoms with van der Waals surface area (Å²) in [6.07, 6.45) is 1.62. The van der Waals surface area contributed by atoms with Crippen LogP contribution in [-0.2, 0) is 16.0 Å². The van der Waals surface area contributed by atoms with Gasteiger partial charge in [0.1, 0.15) is 0 Å². The van der Waals surface area contributed by atoms with Crippen molar-refractivity contribution in [3.8, 4) is 0 Å². The van der Waals surface area contributed by atoms with E-state index in [2.05, 4.69) is 30.9 Å². The van der Waals surface area contributed by atoms with Gasteiger partial charge in [0.25, 0.3) is 0 Å². The summed E-state index contributed by atoms with van der Waals surface area (Å²) < 4.78 is 5.34. The van der Waals surface area contributed by atoms with Crippen molar-refractivity contribution in [3.63, 3.8) is 0 Å². The van der Waals surface area contributed by atoms with Crippen molar-refractivity contribution in [2.45, 2.75) is 52.7 Å². The lowest BCUT2D eigenvalue weighted by atomic mass is 9.84. The Kier molecular flexibility index (Phi) is 4.19. The fourth-order valence-corrected chi connectivity index (χ4v) is 3.59. The van der Waals surface area contributed by atoms with E-state index in [-0.39, 0.29) is 18.1 Å². The maximum Gasteiger partial charge on any atom is 0.337 e. The second kappa shape index (κ2) is 6.00. The van der Waals surface area contributed by atoms with Crippen LogP contribution < -0.4 is 5.73 Å². The number of fused-ring (bicyclic) bond motifs is 3. The average Bonchev–Trinajstić information content (AvgIpc) is 2.47. The molecule has 0 fully saturated rings. The Balaban J connectivity index is 1.91. The summed E-state index contributed by atoms with van der Waals surface area (Å²) in [5.74, 6) is -0.262. The number of nitrogens with two attached hydrogens (primary N) is 1. The molecule has 2 N–H and O–H groups in total. The van der Waals surface area contributed by atoms with Crippen molar-refractivity contribution in [1.29, 1.82) is 0 Å². The van der Waals surface area contributed by atoms with E-state index in [4.69, 9.17) is 10.5 Å². The van der Waals surface area contributed by atoms with E-state index in [1.54, 1.807) is 0 Å². The van der Waals surface area contributed by atoms with Gasteiger partial charge in [-0.3, -0.25) is 4.90 Å². The van der Waals surface area contributed by atoms with Gasteiger partial charge in [-0.15, -0.1) is 0 Å². The van der Waals surface area contributed by atoms with E-state index >= 15 is 0 Å². The lowest BCUT2D eigenvalue weighted by Crippen LogP contribution is -2.43. The summed E-state index contributed by atoms with van der Waals surface area (Å²) in [6.45, 7) is 9.60. The molecular formula is C19H26N2O2. The van der Waals surface area contributed by atoms with Gasteiger partial charge < -0.3 is 10.5 Å². The number of hydrogen-bond acceptors (Lipinski definition) is 4. The third-order valence-electron chi connectivity index (χ3n) is 4.97. The number of ether oxygens (including phenoxy) is 1. The van der Waals surface area contributed by atoms with Gasteiger partial charge in [-0.1, -0.05) is 12.1 Å². The van der Waals surface area contributed by atoms with E-state index in [1.165, 1.54) is 22.3 Å². The largest absolute Gasteiger partial charge is 0.460 e. The summed E-state index contributed by atoms with van der Waals surface area (Å²) in [5, 5.41) is 0. The van der Waals surface area contributed by atoms with E-state index in [1.807, 2.05) is 13.8 Å². The topological polar surface area (TPSA) is 55.6 Å². The summed E-state index contributed by atoms with van der Waals surface area (Å²) in [6, 6.07) is 4.89. The van der Waals surface area contributed by atoms with Gasteiger partial charge in [-0.25, -0.2) is 4.79 Å². The van der Waals surface area contributed by atoms with Gasteiger partial charge in [0, 0.05) is 31.2 Å². The molecule has 1 aromatic carbocycles. The van der Waals surface area contributed by atoms with Crippen LogP contribution in [0.1, 0.15) is 48.6 Å². The van der Waals surface area contributed by atoms with Crippen molar-refractivity contribution < 1.29 is 9.53 Å². The number of benzene rings is 1. The first-order valence-electron chi connectivity index (χ1n) is 8.39. The van der Waals surface area contributed by atoms with E-state index in [0.29, 0.717) is 24.2 Å². The molecule has 2 aliphatic rings. The molecule has 1 aromatic rings. The molecule has 3 rings (SSSR count). The smallest absolute Gasteiger partial charge is 0.337 e. The van der Waals surface area contributed by atoms with E-state index in [0.717, 1.165) is 13.0 Å². The minimum atomic E-state index is -0.262. The molecule has 4 nitrogen and oxygen atoms in total. The number of hydrogen-bond donors (Lipinski definition) is 1. The van der Waals surface area contributed by atoms with Crippen LogP contribution in [0, 0.1) is 13.8 Å². The molecule has 4 heteroatoms. The Hall–Kier alpha value is -1.81. The fourth-order valence-electron chi connectivity index (χ4n) is 3.59. The van der Waals surface area contributed by atoms with Gasteiger partial charge in [0.05, 0.1) is 11.7 Å². The minimum Gasteiger partial charge on any atom is -0.460 e. The molecule has 0 unspecified atom stereocenters. The Labute approximate surface area is 138 Å². The van der Waals surface area contributed by atoms with Crippen molar-refractivity contribution in [2.24, 2.45) is 5.73 Å². The highest BCUT2D eigenvalue weighted by atomic mass is 16.5. The van der Waals surface area contributed by atoms with Crippen LogP contribution in [0.3, 0.4) is 0 Å². The van der Waals surface area contributed by atoms with Crippen LogP contribution >= 0.6 is 0 Å². The Morgan fingerprint density at radius 3 is 2.70 bits per heavy atom. The van der Waals surface area contributed by atoms with E-state index in [9.17, 15) is 4.79 Å². The third-order valence-corrected chi connectivity index (χ3v) is 4.97. The van der Waals surface area contributed by atoms with Crippen LogP contribution in [0.25, 0.3) is 0 Å². The molecule has 0 radical (unpaired) electrons. The zero-order valence-corrected chi connectivity index (χ0v) is 14.5. The van der Waals surface area contributed by atoms with Crippen molar-refractivity contribution >= 4 is 5.97 Å². The standard InChI is InChI=1S/C19H26N2O2/c1-11(2)23-19(22)16-10-21-6-5-14-7-12(3)13(4)8-15(14)18(21)9-17(16)20/h7-8,11,18H,5-6,9-10,20H2,1-4H3/t18-/m0/s1. The van der Waals surface area contributed by atoms with Crippen LogP contribution in [-0.4, -0.2) is 30.1 Å². The lowest BCUT2D eigenvalue weighted by molar-refractivity contribution is -0.143. The van der Waals surface area contributed by atoms with E-state index < -0.39 is 0 Å². The first-order valence-corrected chi connectivity index (χ1v) is 8.39. The SMILES string of the molecule is Cc1cc2c(cc1C)[C@@H]1CC(N)=C(C(=O)OC(C)C)CN1CC2. The highest BCUT2D eigenvalue weighted by Gasteiger charge is 2.35. The zero-order valence-electron chi connectivity index (χ0n) is 14.5. The normalized spacial score (nSPS) is 21.2. The highest BCUT2D eigenvalue weighted by molar-refractivity contribution is 5.90. The highest BCUT2D eigenvalue weighted by Crippen LogP contribution is 2.38. The molecule has 0 spiro atoms. The number of nitrogens with zero attached hydrogens (tertiary/aromatic N) is 1. The molecule has 0 aliphatic carbocycles. The Bertz CT molecular complexity index is 676. The molecule has 0 saturated carbocycles. The van der Waals surface area contributed by atoms with Gasteiger partial charge >= 0.3 is 5.97 Å². The predicted molar refractivity (Wildman–Crippen MR) is 91.0 cm³/mol. The first kappa shape index (κ1) is 16.1. The number of esters is 1. The van der Waals surface area contributed by atoms with Crippen molar-refractivity contribution in [1.82, 2.24) is 4.90 Å². The number of rotatable bonds is 2. The van der Waals surface area contributed by atoms with Crippen molar-refractivity contribution in [2.75, 3.05) is 13.1 Å². The number of aryl methyl sites for hydroxylation is 2. The van der Waals surface area contributed by atoms with Gasteiger partial charge in [-0.05, 0) is 56.4 Å². The molecule has 0 saturated heterocycles. The molecule has 0 amide bonds. The number of carbonyl (C=O) groups excluding carboxylic acids is 1. The molecule has 1 atom stereocenters. The Morgan fingerprint density at radius 2 is 2.00 bits per heavy atom. The monoisotopic (exact) mass is 314 g/mol. The molecule has 23 heavy (non-hydrogen) atoms. The summed E-state index contributed by atoms with van der Waals surface area (Å²) in [4.78, 5) is 14.6. The third kappa shape index (κ3) is 3.00. The zero-order chi connectivity index (χ0) is 16.7. The molecule has 124 valence electrons. The van der Waals surface area contributed by atoms with Gasteiger partial charge in [0.2, 0.25) is 0 Å². The second-order valence-corrected chi connectivity index (χ2v) is 7.03. The molecule has 2 aliphatic heterocycles. The lowest BCUT2D eigenvalue weighted by Gasteiger charge is -2.41. The molecule has 0 aromatic heterocycles. The van der Waals surface area contributed by atoms with Crippen LogP contribution in [0.4, 0.5) is 0 Å². The molecular weight excluding hydrogens is 288 g/mol. The fraction of sp³-hybridized carbons (Fsp3) is 0.526. The quantitative estimate of drug-likeness (QED) is 0.853. The number of carbonyl (C=O) groups is 1. The van der Waals surface area contributed by atoms with Gasteiger partial charge in [0.15, 0.2) is 0 Å². The Morgan fingerprint density at radius 1 is 1.30 bits per heavy atom. The van der Waals surface area contributed by atoms with Crippen molar-refractivity contribution in [3.05, 3.63) is 45.7 Å². The second-order valence-electron chi connectivity index (χ2n) is 7.03. The maximum absolute atomic E-state index is 12.3. The maximum atomic E-state index is 12.3. The summed E-state index contributed by atoms with van der Waals surface area (Å²) >= 11 is 0. The molecule has 0 bridgehead atoms. The van der Waals surface area contributed by atoms with Crippen LogP contribution in [0.5, 0.6) is 0 Å². The average molecular weight is 314 g/mol. The van der Waals surface area contributed by atoms with Gasteiger partial charge in [-0.2, -0.15) is 0 Å². The van der Waals surface area contributed by atoms with Crippen LogP contribution in [0.15, 0.2) is 23.4 Å². The summed E-state index contributed by atoms with van der Waals surface area (Å²) in [7, 11) is 0. The first-order chi connectivity index (χ1) is 10.9. The minimum absolute atomic E-state index is 0.117. The summed E-state index contributed by atoms with van der Waals surface area (Å²) in [5.41, 5.74) is 13.0. The predicted octanol–water partition coefficient (Wildman–Crippen LogP) is 2.77.